The monoisotopic (exact) mass is 218 g/mol. The Labute approximate surface area is 96.2 Å². The standard InChI is InChI=1S/C13H18N2O/c1-2-6-15-12(3-1)11-9-14-10-13(11)4-7-16-8-5-13/h1-3,6,11,14H,4-5,7-10H2. The minimum atomic E-state index is 0.395. The summed E-state index contributed by atoms with van der Waals surface area (Å²) >= 11 is 0. The van der Waals surface area contributed by atoms with Gasteiger partial charge in [0.25, 0.3) is 0 Å². The van der Waals surface area contributed by atoms with Gasteiger partial charge in [0.1, 0.15) is 0 Å². The van der Waals surface area contributed by atoms with Crippen molar-refractivity contribution in [2.24, 2.45) is 5.41 Å². The predicted octanol–water partition coefficient (Wildman–Crippen LogP) is 1.57. The number of ether oxygens (including phenoxy) is 1. The van der Waals surface area contributed by atoms with Crippen LogP contribution < -0.4 is 5.32 Å². The third kappa shape index (κ3) is 1.64. The second-order valence-electron chi connectivity index (χ2n) is 4.91. The van der Waals surface area contributed by atoms with Gasteiger partial charge >= 0.3 is 0 Å². The number of nitrogens with zero attached hydrogens (tertiary/aromatic N) is 1. The molecule has 0 radical (unpaired) electrons. The van der Waals surface area contributed by atoms with E-state index in [9.17, 15) is 0 Å². The smallest absolute Gasteiger partial charge is 0.0472 e. The Balaban J connectivity index is 1.89. The lowest BCUT2D eigenvalue weighted by atomic mass is 9.71. The SMILES string of the molecule is c1ccc(C2CNCC23CCOCC3)nc1. The molecule has 0 bridgehead atoms. The first-order valence-electron chi connectivity index (χ1n) is 6.10. The zero-order chi connectivity index (χ0) is 10.8. The van der Waals surface area contributed by atoms with Crippen LogP contribution in [-0.2, 0) is 4.74 Å². The van der Waals surface area contributed by atoms with Crippen molar-refractivity contribution in [3.63, 3.8) is 0 Å². The highest BCUT2D eigenvalue weighted by molar-refractivity contribution is 5.18. The molecule has 0 aromatic carbocycles. The lowest BCUT2D eigenvalue weighted by Gasteiger charge is -2.37. The molecule has 2 saturated heterocycles. The largest absolute Gasteiger partial charge is 0.381 e. The topological polar surface area (TPSA) is 34.1 Å². The number of aromatic nitrogens is 1. The molecular weight excluding hydrogens is 200 g/mol. The summed E-state index contributed by atoms with van der Waals surface area (Å²) in [6.07, 6.45) is 4.24. The summed E-state index contributed by atoms with van der Waals surface area (Å²) in [7, 11) is 0. The molecule has 1 N–H and O–H groups in total. The van der Waals surface area contributed by atoms with Crippen LogP contribution in [0, 0.1) is 5.41 Å². The number of rotatable bonds is 1. The molecule has 3 rings (SSSR count). The summed E-state index contributed by atoms with van der Waals surface area (Å²) in [6.45, 7) is 4.00. The van der Waals surface area contributed by atoms with E-state index < -0.39 is 0 Å². The molecule has 1 aromatic heterocycles. The van der Waals surface area contributed by atoms with E-state index in [1.807, 2.05) is 12.3 Å². The molecule has 1 aromatic rings. The van der Waals surface area contributed by atoms with E-state index >= 15 is 0 Å². The highest BCUT2D eigenvalue weighted by atomic mass is 16.5. The van der Waals surface area contributed by atoms with Crippen molar-refractivity contribution >= 4 is 0 Å². The molecule has 2 fully saturated rings. The highest BCUT2D eigenvalue weighted by Crippen LogP contribution is 2.45. The minimum absolute atomic E-state index is 0.395. The number of hydrogen-bond donors (Lipinski definition) is 1. The van der Waals surface area contributed by atoms with Gasteiger partial charge in [0, 0.05) is 44.1 Å². The Kier molecular flexibility index (Phi) is 2.65. The summed E-state index contributed by atoms with van der Waals surface area (Å²) in [5.41, 5.74) is 1.64. The van der Waals surface area contributed by atoms with Gasteiger partial charge < -0.3 is 10.1 Å². The Hall–Kier alpha value is -0.930. The van der Waals surface area contributed by atoms with Crippen LogP contribution in [0.1, 0.15) is 24.5 Å². The summed E-state index contributed by atoms with van der Waals surface area (Å²) in [6, 6.07) is 6.24. The molecular formula is C13H18N2O. The molecule has 1 unspecified atom stereocenters. The number of pyridine rings is 1. The van der Waals surface area contributed by atoms with E-state index in [-0.39, 0.29) is 0 Å². The Morgan fingerprint density at radius 1 is 1.31 bits per heavy atom. The molecule has 1 spiro atoms. The van der Waals surface area contributed by atoms with Crippen LogP contribution in [0.25, 0.3) is 0 Å². The molecule has 0 saturated carbocycles. The van der Waals surface area contributed by atoms with Crippen molar-refractivity contribution in [1.82, 2.24) is 10.3 Å². The van der Waals surface area contributed by atoms with E-state index in [4.69, 9.17) is 4.74 Å². The fourth-order valence-electron chi connectivity index (χ4n) is 3.11. The van der Waals surface area contributed by atoms with Crippen LogP contribution in [-0.4, -0.2) is 31.3 Å². The number of nitrogens with one attached hydrogen (secondary N) is 1. The molecule has 1 atom stereocenters. The van der Waals surface area contributed by atoms with Crippen LogP contribution >= 0.6 is 0 Å². The zero-order valence-electron chi connectivity index (χ0n) is 9.48. The van der Waals surface area contributed by atoms with Gasteiger partial charge in [-0.2, -0.15) is 0 Å². The maximum absolute atomic E-state index is 5.49. The second-order valence-corrected chi connectivity index (χ2v) is 4.91. The average Bonchev–Trinajstić information content (AvgIpc) is 2.75. The van der Waals surface area contributed by atoms with E-state index in [0.29, 0.717) is 11.3 Å². The molecule has 16 heavy (non-hydrogen) atoms. The molecule has 2 aliphatic heterocycles. The van der Waals surface area contributed by atoms with Crippen LogP contribution in [0.3, 0.4) is 0 Å². The summed E-state index contributed by atoms with van der Waals surface area (Å²) in [5, 5.41) is 3.54. The fraction of sp³-hybridized carbons (Fsp3) is 0.615. The van der Waals surface area contributed by atoms with E-state index in [1.54, 1.807) is 0 Å². The maximum Gasteiger partial charge on any atom is 0.0472 e. The Morgan fingerprint density at radius 2 is 2.19 bits per heavy atom. The van der Waals surface area contributed by atoms with Gasteiger partial charge in [0.05, 0.1) is 0 Å². The van der Waals surface area contributed by atoms with Gasteiger partial charge in [-0.3, -0.25) is 4.98 Å². The van der Waals surface area contributed by atoms with E-state index in [0.717, 1.165) is 26.3 Å². The van der Waals surface area contributed by atoms with Gasteiger partial charge in [-0.1, -0.05) is 6.07 Å². The molecule has 3 heterocycles. The normalized spacial score (nSPS) is 28.4. The molecule has 0 amide bonds. The van der Waals surface area contributed by atoms with Crippen LogP contribution in [0.2, 0.25) is 0 Å². The first-order chi connectivity index (χ1) is 7.91. The van der Waals surface area contributed by atoms with Crippen molar-refractivity contribution in [3.05, 3.63) is 30.1 Å². The maximum atomic E-state index is 5.49. The van der Waals surface area contributed by atoms with Gasteiger partial charge in [0.15, 0.2) is 0 Å². The average molecular weight is 218 g/mol. The van der Waals surface area contributed by atoms with Crippen molar-refractivity contribution in [2.75, 3.05) is 26.3 Å². The molecule has 2 aliphatic rings. The molecule has 3 heteroatoms. The fourth-order valence-corrected chi connectivity index (χ4v) is 3.11. The lowest BCUT2D eigenvalue weighted by Crippen LogP contribution is -2.35. The van der Waals surface area contributed by atoms with Gasteiger partial charge in [-0.25, -0.2) is 0 Å². The lowest BCUT2D eigenvalue weighted by molar-refractivity contribution is 0.0159. The van der Waals surface area contributed by atoms with Crippen LogP contribution in [0.5, 0.6) is 0 Å². The highest BCUT2D eigenvalue weighted by Gasteiger charge is 2.44. The van der Waals surface area contributed by atoms with Crippen LogP contribution in [0.4, 0.5) is 0 Å². The van der Waals surface area contributed by atoms with Gasteiger partial charge in [-0.15, -0.1) is 0 Å². The van der Waals surface area contributed by atoms with E-state index in [2.05, 4.69) is 22.4 Å². The molecule has 0 aliphatic carbocycles. The van der Waals surface area contributed by atoms with Crippen molar-refractivity contribution in [1.29, 1.82) is 0 Å². The third-order valence-electron chi connectivity index (χ3n) is 4.10. The third-order valence-corrected chi connectivity index (χ3v) is 4.10. The summed E-state index contributed by atoms with van der Waals surface area (Å²) in [5.74, 6) is 0.567. The Bertz CT molecular complexity index is 346. The van der Waals surface area contributed by atoms with Crippen molar-refractivity contribution < 1.29 is 4.74 Å². The molecule has 86 valence electrons. The van der Waals surface area contributed by atoms with Crippen molar-refractivity contribution in [3.8, 4) is 0 Å². The number of hydrogen-bond acceptors (Lipinski definition) is 3. The van der Waals surface area contributed by atoms with Crippen molar-refractivity contribution in [2.45, 2.75) is 18.8 Å². The summed E-state index contributed by atoms with van der Waals surface area (Å²) in [4.78, 5) is 4.53. The van der Waals surface area contributed by atoms with E-state index in [1.165, 1.54) is 18.5 Å². The first kappa shape index (κ1) is 10.2. The summed E-state index contributed by atoms with van der Waals surface area (Å²) < 4.78 is 5.49. The quantitative estimate of drug-likeness (QED) is 0.777. The minimum Gasteiger partial charge on any atom is -0.381 e. The second kappa shape index (κ2) is 4.15. The first-order valence-corrected chi connectivity index (χ1v) is 6.10. The van der Waals surface area contributed by atoms with Crippen LogP contribution in [0.15, 0.2) is 24.4 Å². The molecule has 3 nitrogen and oxygen atoms in total. The predicted molar refractivity (Wildman–Crippen MR) is 62.3 cm³/mol. The van der Waals surface area contributed by atoms with Gasteiger partial charge in [0.2, 0.25) is 0 Å². The van der Waals surface area contributed by atoms with Gasteiger partial charge in [-0.05, 0) is 30.4 Å². The zero-order valence-corrected chi connectivity index (χ0v) is 9.48. The Morgan fingerprint density at radius 3 is 2.94 bits per heavy atom.